The van der Waals surface area contributed by atoms with Crippen LogP contribution in [0.2, 0.25) is 0 Å². The molecule has 0 atom stereocenters. The maximum atomic E-state index is 12.5. The van der Waals surface area contributed by atoms with Crippen molar-refractivity contribution in [3.8, 4) is 0 Å². The fourth-order valence-electron chi connectivity index (χ4n) is 3.82. The first-order valence-electron chi connectivity index (χ1n) is 11.0. The first-order chi connectivity index (χ1) is 16.8. The lowest BCUT2D eigenvalue weighted by Gasteiger charge is -2.04. The maximum absolute atomic E-state index is 12.5. The van der Waals surface area contributed by atoms with Crippen LogP contribution in [-0.2, 0) is 0 Å². The van der Waals surface area contributed by atoms with E-state index in [1.807, 2.05) is 78.9 Å². The van der Waals surface area contributed by atoms with E-state index in [2.05, 4.69) is 39.3 Å². The Kier molecular flexibility index (Phi) is 6.08. The van der Waals surface area contributed by atoms with Gasteiger partial charge in [-0.05, 0) is 45.8 Å². The summed E-state index contributed by atoms with van der Waals surface area (Å²) in [5.74, 6) is -0.276. The summed E-state index contributed by atoms with van der Waals surface area (Å²) in [6, 6.07) is 35.5. The van der Waals surface area contributed by atoms with Gasteiger partial charge in [0.25, 0.3) is 5.91 Å². The second-order valence-corrected chi connectivity index (χ2v) is 7.78. The van der Waals surface area contributed by atoms with E-state index in [4.69, 9.17) is 0 Å². The Morgan fingerprint density at radius 1 is 0.588 bits per heavy atom. The normalized spacial score (nSPS) is 11.4. The number of amides is 1. The number of fused-ring (bicyclic) bond motifs is 2. The number of hydrogen-bond donors (Lipinski definition) is 2. The largest absolute Gasteiger partial charge is 0.279 e. The topological polar surface area (TPSA) is 65.8 Å². The molecule has 1 amide bonds. The Morgan fingerprint density at radius 2 is 1.12 bits per heavy atom. The lowest BCUT2D eigenvalue weighted by molar-refractivity contribution is 0.0955. The molecule has 5 rings (SSSR count). The molecule has 0 spiro atoms. The summed E-state index contributed by atoms with van der Waals surface area (Å²) in [6.07, 6.45) is 3.46. The molecule has 0 aromatic heterocycles. The first-order valence-corrected chi connectivity index (χ1v) is 11.0. The van der Waals surface area contributed by atoms with Gasteiger partial charge >= 0.3 is 0 Å². The van der Waals surface area contributed by atoms with Crippen molar-refractivity contribution < 1.29 is 4.79 Å². The fraction of sp³-hybridized carbons (Fsp3) is 0. The highest BCUT2D eigenvalue weighted by Gasteiger charge is 2.04. The third-order valence-corrected chi connectivity index (χ3v) is 5.56. The summed E-state index contributed by atoms with van der Waals surface area (Å²) in [5, 5.41) is 13.0. The van der Waals surface area contributed by atoms with E-state index in [1.54, 1.807) is 24.6 Å². The average molecular weight is 443 g/mol. The number of nitrogens with one attached hydrogen (secondary N) is 2. The number of benzene rings is 5. The fourth-order valence-corrected chi connectivity index (χ4v) is 3.82. The van der Waals surface area contributed by atoms with E-state index < -0.39 is 0 Å². The molecule has 0 unspecified atom stereocenters. The second kappa shape index (κ2) is 9.79. The molecular formula is C29H22N4O. The van der Waals surface area contributed by atoms with Gasteiger partial charge in [-0.2, -0.15) is 10.2 Å². The zero-order chi connectivity index (χ0) is 23.2. The van der Waals surface area contributed by atoms with Crippen molar-refractivity contribution in [2.45, 2.75) is 0 Å². The summed E-state index contributed by atoms with van der Waals surface area (Å²) in [6.45, 7) is 0. The minimum absolute atomic E-state index is 0.276. The van der Waals surface area contributed by atoms with Crippen LogP contribution in [0.3, 0.4) is 0 Å². The Morgan fingerprint density at radius 3 is 1.74 bits per heavy atom. The van der Waals surface area contributed by atoms with Gasteiger partial charge in [0.1, 0.15) is 0 Å². The summed E-state index contributed by atoms with van der Waals surface area (Å²) in [5.41, 5.74) is 8.88. The number of carbonyl (C=O) groups is 1. The highest BCUT2D eigenvalue weighted by molar-refractivity contribution is 6.01. The third-order valence-electron chi connectivity index (χ3n) is 5.56. The predicted octanol–water partition coefficient (Wildman–Crippen LogP) is 6.20. The van der Waals surface area contributed by atoms with Crippen LogP contribution in [-0.4, -0.2) is 18.3 Å². The van der Waals surface area contributed by atoms with Crippen LogP contribution in [0.5, 0.6) is 0 Å². The molecule has 0 aliphatic carbocycles. The van der Waals surface area contributed by atoms with Gasteiger partial charge in [0.05, 0.1) is 18.1 Å². The molecule has 5 aromatic rings. The summed E-state index contributed by atoms with van der Waals surface area (Å²) < 4.78 is 0. The highest BCUT2D eigenvalue weighted by atomic mass is 16.2. The van der Waals surface area contributed by atoms with Gasteiger partial charge in [-0.1, -0.05) is 84.9 Å². The standard InChI is InChI=1S/C29H22N4O/c34-29(33-31-20-25-12-6-10-22-8-2-4-14-28(22)25)23-15-17-26(18-16-23)32-30-19-24-11-5-9-21-7-1-3-13-27(21)24/h1-20,32H,(H,33,34). The zero-order valence-electron chi connectivity index (χ0n) is 18.3. The van der Waals surface area contributed by atoms with E-state index in [0.717, 1.165) is 33.0 Å². The average Bonchev–Trinajstić information content (AvgIpc) is 2.89. The first kappa shape index (κ1) is 21.1. The highest BCUT2D eigenvalue weighted by Crippen LogP contribution is 2.18. The van der Waals surface area contributed by atoms with Crippen molar-refractivity contribution in [3.63, 3.8) is 0 Å². The molecule has 0 fully saturated rings. The smallest absolute Gasteiger partial charge is 0.271 e. The van der Waals surface area contributed by atoms with Gasteiger partial charge in [0.15, 0.2) is 0 Å². The molecule has 5 aromatic carbocycles. The molecule has 0 bridgehead atoms. The lowest BCUT2D eigenvalue weighted by atomic mass is 10.1. The van der Waals surface area contributed by atoms with Gasteiger partial charge in [0.2, 0.25) is 0 Å². The van der Waals surface area contributed by atoms with Gasteiger partial charge in [-0.3, -0.25) is 10.2 Å². The van der Waals surface area contributed by atoms with Crippen molar-refractivity contribution in [2.75, 3.05) is 5.43 Å². The summed E-state index contributed by atoms with van der Waals surface area (Å²) in [7, 11) is 0. The molecule has 2 N–H and O–H groups in total. The summed E-state index contributed by atoms with van der Waals surface area (Å²) in [4.78, 5) is 12.5. The number of nitrogens with zero attached hydrogens (tertiary/aromatic N) is 2. The van der Waals surface area contributed by atoms with Crippen LogP contribution in [0.4, 0.5) is 5.69 Å². The summed E-state index contributed by atoms with van der Waals surface area (Å²) >= 11 is 0. The molecule has 164 valence electrons. The van der Waals surface area contributed by atoms with Crippen LogP contribution in [0.15, 0.2) is 119 Å². The Bertz CT molecular complexity index is 1510. The van der Waals surface area contributed by atoms with Crippen molar-refractivity contribution in [1.82, 2.24) is 5.43 Å². The molecule has 0 aliphatic heterocycles. The molecule has 0 saturated carbocycles. The van der Waals surface area contributed by atoms with Crippen LogP contribution in [0.25, 0.3) is 21.5 Å². The molecule has 5 nitrogen and oxygen atoms in total. The molecular weight excluding hydrogens is 420 g/mol. The van der Waals surface area contributed by atoms with E-state index in [1.165, 1.54) is 5.39 Å². The lowest BCUT2D eigenvalue weighted by Crippen LogP contribution is -2.17. The van der Waals surface area contributed by atoms with E-state index in [-0.39, 0.29) is 5.91 Å². The number of hydrazone groups is 2. The van der Waals surface area contributed by atoms with Gasteiger partial charge in [-0.25, -0.2) is 5.43 Å². The van der Waals surface area contributed by atoms with Crippen LogP contribution in [0.1, 0.15) is 21.5 Å². The number of anilines is 1. The molecule has 5 heteroatoms. The van der Waals surface area contributed by atoms with Gasteiger partial charge < -0.3 is 0 Å². The number of rotatable bonds is 6. The molecule has 34 heavy (non-hydrogen) atoms. The SMILES string of the molecule is O=C(NN=Cc1cccc2ccccc12)c1ccc(NN=Cc2cccc3ccccc23)cc1. The van der Waals surface area contributed by atoms with Crippen molar-refractivity contribution in [1.29, 1.82) is 0 Å². The molecule has 0 heterocycles. The van der Waals surface area contributed by atoms with Gasteiger partial charge in [-0.15, -0.1) is 0 Å². The van der Waals surface area contributed by atoms with Gasteiger partial charge in [0, 0.05) is 16.7 Å². The van der Waals surface area contributed by atoms with Crippen LogP contribution < -0.4 is 10.9 Å². The molecule has 0 radical (unpaired) electrons. The molecule has 0 saturated heterocycles. The quantitative estimate of drug-likeness (QED) is 0.243. The zero-order valence-corrected chi connectivity index (χ0v) is 18.3. The van der Waals surface area contributed by atoms with Crippen molar-refractivity contribution in [3.05, 3.63) is 126 Å². The van der Waals surface area contributed by atoms with Crippen molar-refractivity contribution in [2.24, 2.45) is 10.2 Å². The van der Waals surface area contributed by atoms with E-state index in [0.29, 0.717) is 5.56 Å². The third kappa shape index (κ3) is 4.69. The second-order valence-electron chi connectivity index (χ2n) is 7.78. The van der Waals surface area contributed by atoms with Crippen molar-refractivity contribution >= 4 is 45.6 Å². The number of carbonyl (C=O) groups excluding carboxylic acids is 1. The van der Waals surface area contributed by atoms with E-state index in [9.17, 15) is 4.79 Å². The predicted molar refractivity (Wildman–Crippen MR) is 141 cm³/mol. The Hall–Kier alpha value is -4.77. The van der Waals surface area contributed by atoms with Crippen LogP contribution >= 0.6 is 0 Å². The Balaban J connectivity index is 1.21. The minimum atomic E-state index is -0.276. The maximum Gasteiger partial charge on any atom is 0.271 e. The van der Waals surface area contributed by atoms with E-state index >= 15 is 0 Å². The monoisotopic (exact) mass is 442 g/mol. The number of hydrogen-bond acceptors (Lipinski definition) is 4. The molecule has 0 aliphatic rings. The Labute approximate surface area is 197 Å². The van der Waals surface area contributed by atoms with Crippen LogP contribution in [0, 0.1) is 0 Å². The minimum Gasteiger partial charge on any atom is -0.279 e.